The third-order valence-corrected chi connectivity index (χ3v) is 6.26. The molecule has 0 unspecified atom stereocenters. The number of hydrogen-bond acceptors (Lipinski definition) is 13. The fourth-order valence-corrected chi connectivity index (χ4v) is 4.05. The normalized spacial score (nSPS) is 10.8. The maximum Gasteiger partial charge on any atom is 0.412 e. The van der Waals surface area contributed by atoms with Crippen LogP contribution in [0.5, 0.6) is 5.75 Å². The minimum Gasteiger partial charge on any atom is -0.868 e. The summed E-state index contributed by atoms with van der Waals surface area (Å²) in [5, 5.41) is 40.9. The second-order valence-electron chi connectivity index (χ2n) is 12.2. The number of fused-ring (bicyclic) bond motifs is 1. The Bertz CT molecular complexity index is 1960. The maximum atomic E-state index is 11.9. The smallest absolute Gasteiger partial charge is 0.412 e. The highest BCUT2D eigenvalue weighted by molar-refractivity contribution is 6.34. The van der Waals surface area contributed by atoms with Crippen molar-refractivity contribution < 1.29 is 48.2 Å². The Morgan fingerprint density at radius 1 is 0.923 bits per heavy atom. The lowest BCUT2D eigenvalue weighted by atomic mass is 10.2. The largest absolute Gasteiger partial charge is 0.868 e. The number of carbonyl (C=O) groups is 3. The van der Waals surface area contributed by atoms with E-state index in [0.29, 0.717) is 28.0 Å². The maximum absolute atomic E-state index is 11.9. The highest BCUT2D eigenvalue weighted by Gasteiger charge is 2.21. The van der Waals surface area contributed by atoms with Crippen LogP contribution in [0.2, 0.25) is 10.0 Å². The average molecular weight is 768 g/mol. The van der Waals surface area contributed by atoms with Crippen molar-refractivity contribution in [1.82, 2.24) is 9.61 Å². The molecule has 0 aliphatic heterocycles. The van der Waals surface area contributed by atoms with Crippen molar-refractivity contribution in [2.75, 3.05) is 23.1 Å². The molecule has 0 saturated heterocycles. The summed E-state index contributed by atoms with van der Waals surface area (Å²) in [6, 6.07) is 5.51. The number of rotatable bonds is 6. The van der Waals surface area contributed by atoms with E-state index in [1.54, 1.807) is 66.8 Å². The Labute approximate surface area is 306 Å². The number of hydrogen-bond donors (Lipinski definition) is 3. The molecule has 280 valence electrons. The number of halogens is 2. The number of non-ortho nitro benzene ring substituents is 1. The van der Waals surface area contributed by atoms with Gasteiger partial charge in [-0.2, -0.15) is 5.10 Å². The molecule has 4 aromatic rings. The number of nitrogens with two attached hydrogens (primary N) is 1. The molecule has 2 amide bonds. The van der Waals surface area contributed by atoms with Crippen molar-refractivity contribution in [1.29, 1.82) is 0 Å². The molecule has 0 spiro atoms. The summed E-state index contributed by atoms with van der Waals surface area (Å²) in [5.74, 6) is 4.12. The lowest BCUT2D eigenvalue weighted by Gasteiger charge is -2.20. The zero-order chi connectivity index (χ0) is 39.6. The van der Waals surface area contributed by atoms with Gasteiger partial charge in [-0.1, -0.05) is 33.9 Å². The predicted octanol–water partition coefficient (Wildman–Crippen LogP) is 5.78. The molecule has 4 N–H and O–H groups in total. The van der Waals surface area contributed by atoms with Crippen molar-refractivity contribution in [3.8, 4) is 5.75 Å². The van der Waals surface area contributed by atoms with Crippen LogP contribution in [-0.4, -0.2) is 55.4 Å². The van der Waals surface area contributed by atoms with Gasteiger partial charge in [0.15, 0.2) is 0 Å². The quantitative estimate of drug-likeness (QED) is 0.0526. The third-order valence-electron chi connectivity index (χ3n) is 5.66. The lowest BCUT2D eigenvalue weighted by Crippen LogP contribution is -2.43. The van der Waals surface area contributed by atoms with Crippen LogP contribution in [-0.2, 0) is 14.2 Å². The van der Waals surface area contributed by atoms with E-state index in [0.717, 1.165) is 12.1 Å². The van der Waals surface area contributed by atoms with Crippen LogP contribution in [0.15, 0.2) is 55.1 Å². The zero-order valence-corrected chi connectivity index (χ0v) is 30.5. The molecule has 21 heteroatoms. The highest BCUT2D eigenvalue weighted by Crippen LogP contribution is 2.28. The number of benzene rings is 1. The first-order valence-corrected chi connectivity index (χ1v) is 15.7. The standard InChI is InChI=1S/C15H18ClN3O4.C10H14ClN3O2.C6H4N2O5/c1-5-22-13(20)9-7-17-19-8-10(16)11(6-12(9)19)18-14(21)23-15(2,3)4;1-10(2,3)16-9(15)13-8-4-5-14(12)6-7(8)11;9-6-2-1-4(7(10)11)3-5(6)8(12)13/h6-8H,5H2,1-4H3,(H,18,21);4-6H,12H2,1-3H3;1-3,9H. The van der Waals surface area contributed by atoms with Gasteiger partial charge in [0.2, 0.25) is 12.4 Å². The Balaban J connectivity index is 0.000000284. The summed E-state index contributed by atoms with van der Waals surface area (Å²) < 4.78 is 18.0. The van der Waals surface area contributed by atoms with E-state index in [9.17, 15) is 39.7 Å². The first-order chi connectivity index (χ1) is 24.0. The summed E-state index contributed by atoms with van der Waals surface area (Å²) in [6.45, 7) is 12.6. The molecule has 0 fully saturated rings. The number of carbonyl (C=O) groups excluding carboxylic acids is 3. The average Bonchev–Trinajstić information content (AvgIpc) is 3.40. The molecule has 0 bridgehead atoms. The number of ether oxygens (including phenoxy) is 3. The number of pyridine rings is 2. The molecular formula is C31H36Cl2N8O11. The second-order valence-corrected chi connectivity index (χ2v) is 13.0. The van der Waals surface area contributed by atoms with Gasteiger partial charge in [-0.15, -0.1) is 0 Å². The van der Waals surface area contributed by atoms with E-state index >= 15 is 0 Å². The summed E-state index contributed by atoms with van der Waals surface area (Å²) in [7, 11) is 0. The van der Waals surface area contributed by atoms with Gasteiger partial charge in [0.25, 0.3) is 11.4 Å². The number of nitrogen functional groups attached to an aromatic ring is 1. The van der Waals surface area contributed by atoms with Gasteiger partial charge in [0.1, 0.15) is 21.8 Å². The minimum atomic E-state index is -0.949. The van der Waals surface area contributed by atoms with Gasteiger partial charge in [-0.05, 0) is 60.3 Å². The monoisotopic (exact) mass is 766 g/mol. The number of anilines is 2. The molecule has 19 nitrogen and oxygen atoms in total. The molecule has 52 heavy (non-hydrogen) atoms. The third kappa shape index (κ3) is 13.4. The van der Waals surface area contributed by atoms with Crippen LogP contribution in [0.4, 0.5) is 32.3 Å². The van der Waals surface area contributed by atoms with E-state index in [1.807, 2.05) is 0 Å². The van der Waals surface area contributed by atoms with Gasteiger partial charge >= 0.3 is 18.2 Å². The fourth-order valence-electron chi connectivity index (χ4n) is 3.64. The van der Waals surface area contributed by atoms with Gasteiger partial charge in [-0.3, -0.25) is 30.9 Å². The van der Waals surface area contributed by atoms with Crippen molar-refractivity contribution in [2.24, 2.45) is 0 Å². The van der Waals surface area contributed by atoms with Crippen molar-refractivity contribution >= 4 is 69.6 Å². The van der Waals surface area contributed by atoms with Crippen LogP contribution >= 0.6 is 23.2 Å². The van der Waals surface area contributed by atoms with E-state index in [-0.39, 0.29) is 17.2 Å². The number of aromatic nitrogens is 3. The molecule has 3 heterocycles. The SMILES string of the molecule is CC(C)(C)OC(=O)Nc1cc[n+](N)cc1Cl.CCOC(=O)c1cnn2cc(Cl)c(NC(=O)OC(C)(C)C)cc12.O=[N+]([O-])c1ccc([O-])c([N+](=O)[O-])c1. The lowest BCUT2D eigenvalue weighted by molar-refractivity contribution is -0.638. The molecule has 4 rings (SSSR count). The van der Waals surface area contributed by atoms with E-state index in [1.165, 1.54) is 27.8 Å². The molecule has 0 aliphatic rings. The minimum absolute atomic E-state index is 0.257. The fraction of sp³-hybridized carbons (Fsp3) is 0.323. The van der Waals surface area contributed by atoms with Crippen LogP contribution in [0.3, 0.4) is 0 Å². The number of nitro benzene ring substituents is 2. The number of nitrogens with zero attached hydrogens (tertiary/aromatic N) is 5. The van der Waals surface area contributed by atoms with E-state index in [4.69, 9.17) is 43.3 Å². The van der Waals surface area contributed by atoms with Crippen LogP contribution in [0.1, 0.15) is 58.8 Å². The summed E-state index contributed by atoms with van der Waals surface area (Å²) in [6.07, 6.45) is 4.74. The number of nitrogens with one attached hydrogen (secondary N) is 2. The van der Waals surface area contributed by atoms with E-state index < -0.39 is 56.3 Å². The summed E-state index contributed by atoms with van der Waals surface area (Å²) >= 11 is 12.0. The van der Waals surface area contributed by atoms with Crippen molar-refractivity contribution in [3.05, 3.63) is 91.0 Å². The topological polar surface area (TPSA) is 259 Å². The molecule has 0 atom stereocenters. The number of nitro groups is 2. The Kier molecular flexibility index (Phi) is 14.5. The van der Waals surface area contributed by atoms with Gasteiger partial charge in [0, 0.05) is 18.3 Å². The molecule has 0 aliphatic carbocycles. The first-order valence-electron chi connectivity index (χ1n) is 14.9. The van der Waals surface area contributed by atoms with Gasteiger partial charge in [-0.25, -0.2) is 24.7 Å². The Morgan fingerprint density at radius 2 is 1.50 bits per heavy atom. The van der Waals surface area contributed by atoms with E-state index in [2.05, 4.69) is 15.7 Å². The molecule has 0 saturated carbocycles. The van der Waals surface area contributed by atoms with Crippen molar-refractivity contribution in [3.63, 3.8) is 0 Å². The molecule has 1 aromatic carbocycles. The highest BCUT2D eigenvalue weighted by atomic mass is 35.5. The van der Waals surface area contributed by atoms with Gasteiger partial charge < -0.3 is 19.3 Å². The predicted molar refractivity (Wildman–Crippen MR) is 187 cm³/mol. The zero-order valence-electron chi connectivity index (χ0n) is 29.0. The van der Waals surface area contributed by atoms with Crippen LogP contribution in [0, 0.1) is 20.2 Å². The first kappa shape index (κ1) is 42.2. The number of amides is 2. The van der Waals surface area contributed by atoms with Crippen molar-refractivity contribution in [2.45, 2.75) is 59.7 Å². The Hall–Kier alpha value is -5.95. The summed E-state index contributed by atoms with van der Waals surface area (Å²) in [5.41, 5.74) is -0.890. The second kappa shape index (κ2) is 17.8. The molecule has 3 aromatic heterocycles. The van der Waals surface area contributed by atoms with Gasteiger partial charge in [0.05, 0.1) is 50.6 Å². The molecular weight excluding hydrogens is 731 g/mol. The summed E-state index contributed by atoms with van der Waals surface area (Å²) in [4.78, 5) is 53.8. The Morgan fingerprint density at radius 3 is 2.00 bits per heavy atom. The van der Waals surface area contributed by atoms with Crippen LogP contribution < -0.4 is 26.3 Å². The van der Waals surface area contributed by atoms with Crippen LogP contribution in [0.25, 0.3) is 5.52 Å². The number of esters is 1. The molecule has 0 radical (unpaired) electrons.